The van der Waals surface area contributed by atoms with Crippen molar-refractivity contribution < 1.29 is 9.21 Å². The minimum Gasteiger partial charge on any atom is -0.416 e. The number of aromatic nitrogens is 2. The minimum absolute atomic E-state index is 0.150. The first kappa shape index (κ1) is 19.5. The molecule has 140 valence electrons. The van der Waals surface area contributed by atoms with E-state index in [2.05, 4.69) is 34.6 Å². The summed E-state index contributed by atoms with van der Waals surface area (Å²) in [6.45, 7) is 3.98. The van der Waals surface area contributed by atoms with Crippen molar-refractivity contribution in [1.82, 2.24) is 10.2 Å². The molecule has 27 heavy (non-hydrogen) atoms. The molecular formula is C20H20ClN3O2S. The predicted octanol–water partition coefficient (Wildman–Crippen LogP) is 5.11. The van der Waals surface area contributed by atoms with E-state index >= 15 is 0 Å². The average Bonchev–Trinajstić information content (AvgIpc) is 3.12. The van der Waals surface area contributed by atoms with Gasteiger partial charge >= 0.3 is 0 Å². The molecule has 0 aliphatic carbocycles. The molecule has 0 fully saturated rings. The van der Waals surface area contributed by atoms with Gasteiger partial charge in [-0.2, -0.15) is 0 Å². The number of halogens is 1. The number of rotatable bonds is 7. The van der Waals surface area contributed by atoms with E-state index in [1.807, 2.05) is 31.2 Å². The van der Waals surface area contributed by atoms with E-state index in [9.17, 15) is 4.79 Å². The molecule has 0 bridgehead atoms. The molecule has 1 aromatic heterocycles. The smallest absolute Gasteiger partial charge is 0.277 e. The Hall–Kier alpha value is -2.31. The summed E-state index contributed by atoms with van der Waals surface area (Å²) in [6, 6.07) is 15.6. The van der Waals surface area contributed by atoms with E-state index in [1.54, 1.807) is 12.1 Å². The van der Waals surface area contributed by atoms with Gasteiger partial charge in [0.05, 0.1) is 5.75 Å². The maximum Gasteiger partial charge on any atom is 0.277 e. The molecule has 3 aromatic rings. The fraction of sp³-hybridized carbons (Fsp3) is 0.250. The number of nitrogens with one attached hydrogen (secondary N) is 1. The lowest BCUT2D eigenvalue weighted by Crippen LogP contribution is -2.14. The number of nitrogens with zero attached hydrogens (tertiary/aromatic N) is 2. The molecule has 1 atom stereocenters. The molecule has 0 spiro atoms. The Bertz CT molecular complexity index is 915. The van der Waals surface area contributed by atoms with Gasteiger partial charge in [-0.15, -0.1) is 10.2 Å². The maximum absolute atomic E-state index is 12.2. The Morgan fingerprint density at radius 3 is 2.74 bits per heavy atom. The van der Waals surface area contributed by atoms with Crippen molar-refractivity contribution in [1.29, 1.82) is 0 Å². The summed E-state index contributed by atoms with van der Waals surface area (Å²) < 4.78 is 5.66. The fourth-order valence-electron chi connectivity index (χ4n) is 2.60. The van der Waals surface area contributed by atoms with Gasteiger partial charge in [0.1, 0.15) is 0 Å². The third-order valence-electron chi connectivity index (χ3n) is 4.17. The van der Waals surface area contributed by atoms with Crippen molar-refractivity contribution >= 4 is 35.0 Å². The zero-order valence-corrected chi connectivity index (χ0v) is 16.7. The van der Waals surface area contributed by atoms with E-state index in [4.69, 9.17) is 16.0 Å². The van der Waals surface area contributed by atoms with Gasteiger partial charge < -0.3 is 9.73 Å². The largest absolute Gasteiger partial charge is 0.416 e. The molecule has 0 saturated carbocycles. The lowest BCUT2D eigenvalue weighted by Gasteiger charge is -2.09. The minimum atomic E-state index is -0.150. The molecule has 5 nitrogen and oxygen atoms in total. The van der Waals surface area contributed by atoms with Gasteiger partial charge in [-0.1, -0.05) is 66.7 Å². The van der Waals surface area contributed by atoms with Crippen LogP contribution in [-0.4, -0.2) is 21.9 Å². The molecule has 0 aliphatic heterocycles. The number of carbonyl (C=O) groups excluding carboxylic acids is 1. The number of amides is 1. The maximum atomic E-state index is 12.2. The molecule has 1 amide bonds. The summed E-state index contributed by atoms with van der Waals surface area (Å²) in [4.78, 5) is 12.2. The lowest BCUT2D eigenvalue weighted by atomic mass is 9.98. The van der Waals surface area contributed by atoms with Crippen LogP contribution in [0.15, 0.2) is 58.2 Å². The number of anilines is 1. The van der Waals surface area contributed by atoms with E-state index in [1.165, 1.54) is 17.3 Å². The molecule has 1 N–H and O–H groups in total. The Labute approximate surface area is 167 Å². The predicted molar refractivity (Wildman–Crippen MR) is 108 cm³/mol. The summed E-state index contributed by atoms with van der Waals surface area (Å²) in [6.07, 6.45) is 0.658. The highest BCUT2D eigenvalue weighted by Gasteiger charge is 2.14. The van der Waals surface area contributed by atoms with Crippen LogP contribution in [0.1, 0.15) is 29.9 Å². The Kier molecular flexibility index (Phi) is 6.53. The van der Waals surface area contributed by atoms with E-state index < -0.39 is 0 Å². The summed E-state index contributed by atoms with van der Waals surface area (Å²) in [7, 11) is 0. The number of hydrogen-bond donors (Lipinski definition) is 1. The summed E-state index contributed by atoms with van der Waals surface area (Å²) in [5, 5.41) is 12.0. The molecule has 2 aromatic carbocycles. The quantitative estimate of drug-likeness (QED) is 0.557. The van der Waals surface area contributed by atoms with Crippen LogP contribution in [0, 0.1) is 6.92 Å². The molecule has 1 heterocycles. The van der Waals surface area contributed by atoms with Crippen LogP contribution in [0.25, 0.3) is 0 Å². The van der Waals surface area contributed by atoms with Crippen LogP contribution in [0.3, 0.4) is 0 Å². The van der Waals surface area contributed by atoms with Gasteiger partial charge in [0, 0.05) is 17.1 Å². The van der Waals surface area contributed by atoms with Crippen molar-refractivity contribution in [2.45, 2.75) is 31.4 Å². The van der Waals surface area contributed by atoms with Crippen molar-refractivity contribution in [2.24, 2.45) is 0 Å². The second-order valence-electron chi connectivity index (χ2n) is 6.23. The molecule has 7 heteroatoms. The van der Waals surface area contributed by atoms with E-state index in [-0.39, 0.29) is 17.6 Å². The summed E-state index contributed by atoms with van der Waals surface area (Å²) in [5.41, 5.74) is 2.77. The topological polar surface area (TPSA) is 68.0 Å². The molecule has 0 aliphatic rings. The Balaban J connectivity index is 1.52. The molecule has 0 saturated heterocycles. The molecule has 3 rings (SSSR count). The summed E-state index contributed by atoms with van der Waals surface area (Å²) in [5.74, 6) is 0.878. The highest BCUT2D eigenvalue weighted by atomic mass is 35.5. The average molecular weight is 402 g/mol. The SMILES string of the molecule is Cc1c(Cl)cccc1NC(=O)CSc1nnc(CC(C)c2ccccc2)o1. The van der Waals surface area contributed by atoms with Gasteiger partial charge in [0.2, 0.25) is 11.8 Å². The monoisotopic (exact) mass is 401 g/mol. The van der Waals surface area contributed by atoms with Crippen LogP contribution in [-0.2, 0) is 11.2 Å². The van der Waals surface area contributed by atoms with Gasteiger partial charge in [-0.3, -0.25) is 4.79 Å². The first-order chi connectivity index (χ1) is 13.0. The van der Waals surface area contributed by atoms with Crippen molar-refractivity contribution in [3.05, 3.63) is 70.6 Å². The number of carbonyl (C=O) groups is 1. The second kappa shape index (κ2) is 9.06. The van der Waals surface area contributed by atoms with Gasteiger partial charge in [-0.25, -0.2) is 0 Å². The van der Waals surface area contributed by atoms with Crippen LogP contribution in [0.2, 0.25) is 5.02 Å². The Morgan fingerprint density at radius 2 is 1.96 bits per heavy atom. The third-order valence-corrected chi connectivity index (χ3v) is 5.39. The highest BCUT2D eigenvalue weighted by molar-refractivity contribution is 7.99. The van der Waals surface area contributed by atoms with Crippen LogP contribution >= 0.6 is 23.4 Å². The number of hydrogen-bond acceptors (Lipinski definition) is 5. The zero-order chi connectivity index (χ0) is 19.2. The van der Waals surface area contributed by atoms with Crippen molar-refractivity contribution in [3.63, 3.8) is 0 Å². The van der Waals surface area contributed by atoms with E-state index in [0.717, 1.165) is 5.56 Å². The molecule has 0 radical (unpaired) electrons. The van der Waals surface area contributed by atoms with Crippen LogP contribution in [0.5, 0.6) is 0 Å². The second-order valence-corrected chi connectivity index (χ2v) is 7.56. The van der Waals surface area contributed by atoms with Gasteiger partial charge in [-0.05, 0) is 36.1 Å². The third kappa shape index (κ3) is 5.34. The Morgan fingerprint density at radius 1 is 1.19 bits per heavy atom. The molecular weight excluding hydrogens is 382 g/mol. The van der Waals surface area contributed by atoms with Gasteiger partial charge in [0.15, 0.2) is 0 Å². The summed E-state index contributed by atoms with van der Waals surface area (Å²) >= 11 is 7.29. The van der Waals surface area contributed by atoms with Crippen LogP contribution in [0.4, 0.5) is 5.69 Å². The van der Waals surface area contributed by atoms with Crippen molar-refractivity contribution in [2.75, 3.05) is 11.1 Å². The highest BCUT2D eigenvalue weighted by Crippen LogP contribution is 2.24. The lowest BCUT2D eigenvalue weighted by molar-refractivity contribution is -0.113. The first-order valence-corrected chi connectivity index (χ1v) is 9.94. The molecule has 1 unspecified atom stereocenters. The number of benzene rings is 2. The van der Waals surface area contributed by atoms with Crippen LogP contribution < -0.4 is 5.32 Å². The van der Waals surface area contributed by atoms with E-state index in [0.29, 0.717) is 28.2 Å². The first-order valence-electron chi connectivity index (χ1n) is 8.58. The van der Waals surface area contributed by atoms with Gasteiger partial charge in [0.25, 0.3) is 5.22 Å². The van der Waals surface area contributed by atoms with Crippen molar-refractivity contribution in [3.8, 4) is 0 Å². The fourth-order valence-corrected chi connectivity index (χ4v) is 3.35. The normalized spacial score (nSPS) is 12.0. The number of thioether (sulfide) groups is 1. The zero-order valence-electron chi connectivity index (χ0n) is 15.1. The standard InChI is InChI=1S/C20H20ClN3O2S/c1-13(15-7-4-3-5-8-15)11-19-23-24-20(26-19)27-12-18(25)22-17-10-6-9-16(21)14(17)2/h3-10,13H,11-12H2,1-2H3,(H,22,25).